The molecule has 0 aromatic heterocycles. The van der Waals surface area contributed by atoms with E-state index in [-0.39, 0.29) is 11.9 Å². The summed E-state index contributed by atoms with van der Waals surface area (Å²) < 4.78 is 0. The zero-order valence-corrected chi connectivity index (χ0v) is 12.8. The first-order valence-electron chi connectivity index (χ1n) is 7.23. The maximum absolute atomic E-state index is 12.3. The molecular formula is C17H23N3O. The summed E-state index contributed by atoms with van der Waals surface area (Å²) >= 11 is 0. The number of nitrogens with two attached hydrogens (primary N) is 1. The summed E-state index contributed by atoms with van der Waals surface area (Å²) in [6, 6.07) is 13.6. The van der Waals surface area contributed by atoms with Gasteiger partial charge in [-0.2, -0.15) is 0 Å². The standard InChI is InChI=1S/C17H23N3O/c1-12(2)17(3,11-18)20-16(21)19-15-10-6-8-13-7-4-5-9-14(13)15/h4-10,12H,11,18H2,1-3H3,(H2,19,20,21). The van der Waals surface area contributed by atoms with Crippen LogP contribution in [-0.2, 0) is 0 Å². The summed E-state index contributed by atoms with van der Waals surface area (Å²) in [4.78, 5) is 12.3. The first-order chi connectivity index (χ1) is 9.96. The Kier molecular flexibility index (Phi) is 4.48. The smallest absolute Gasteiger partial charge is 0.319 e. The molecule has 0 fully saturated rings. The summed E-state index contributed by atoms with van der Waals surface area (Å²) in [5, 5.41) is 8.03. The lowest BCUT2D eigenvalue weighted by atomic mass is 9.89. The fourth-order valence-corrected chi connectivity index (χ4v) is 2.18. The Morgan fingerprint density at radius 3 is 2.52 bits per heavy atom. The third-order valence-electron chi connectivity index (χ3n) is 4.14. The van der Waals surface area contributed by atoms with Gasteiger partial charge in [-0.15, -0.1) is 0 Å². The summed E-state index contributed by atoms with van der Waals surface area (Å²) in [7, 11) is 0. The molecule has 0 aliphatic heterocycles. The Morgan fingerprint density at radius 2 is 1.86 bits per heavy atom. The number of carbonyl (C=O) groups is 1. The van der Waals surface area contributed by atoms with Crippen LogP contribution in [0.4, 0.5) is 10.5 Å². The van der Waals surface area contributed by atoms with Gasteiger partial charge in [0.2, 0.25) is 0 Å². The summed E-state index contributed by atoms with van der Waals surface area (Å²) in [5.41, 5.74) is 6.18. The molecule has 0 aliphatic carbocycles. The molecule has 112 valence electrons. The molecule has 2 rings (SSSR count). The van der Waals surface area contributed by atoms with Crippen molar-refractivity contribution in [3.8, 4) is 0 Å². The van der Waals surface area contributed by atoms with Crippen LogP contribution in [-0.4, -0.2) is 18.1 Å². The monoisotopic (exact) mass is 285 g/mol. The van der Waals surface area contributed by atoms with Gasteiger partial charge in [0.25, 0.3) is 0 Å². The SMILES string of the molecule is CC(C)C(C)(CN)NC(=O)Nc1cccc2ccccc12. The molecule has 0 bridgehead atoms. The van der Waals surface area contributed by atoms with Crippen molar-refractivity contribution in [2.24, 2.45) is 11.7 Å². The summed E-state index contributed by atoms with van der Waals surface area (Å²) in [6.45, 7) is 6.45. The van der Waals surface area contributed by atoms with E-state index in [1.165, 1.54) is 0 Å². The van der Waals surface area contributed by atoms with E-state index in [9.17, 15) is 4.79 Å². The van der Waals surface area contributed by atoms with Gasteiger partial charge in [-0.25, -0.2) is 4.79 Å². The highest BCUT2D eigenvalue weighted by Crippen LogP contribution is 2.23. The molecule has 2 amide bonds. The average molecular weight is 285 g/mol. The van der Waals surface area contributed by atoms with Crippen LogP contribution in [0.1, 0.15) is 20.8 Å². The van der Waals surface area contributed by atoms with E-state index in [1.54, 1.807) is 0 Å². The largest absolute Gasteiger partial charge is 0.331 e. The second-order valence-corrected chi connectivity index (χ2v) is 5.88. The number of urea groups is 1. The van der Waals surface area contributed by atoms with Crippen LogP contribution in [0.3, 0.4) is 0 Å². The van der Waals surface area contributed by atoms with Gasteiger partial charge in [0.05, 0.1) is 11.2 Å². The first kappa shape index (κ1) is 15.3. The van der Waals surface area contributed by atoms with E-state index in [0.717, 1.165) is 16.5 Å². The predicted octanol–water partition coefficient (Wildman–Crippen LogP) is 3.33. The minimum atomic E-state index is -0.422. The molecule has 0 spiro atoms. The van der Waals surface area contributed by atoms with Gasteiger partial charge in [-0.3, -0.25) is 0 Å². The Hall–Kier alpha value is -2.07. The predicted molar refractivity (Wildman–Crippen MR) is 88.4 cm³/mol. The zero-order chi connectivity index (χ0) is 15.5. The van der Waals surface area contributed by atoms with E-state index in [4.69, 9.17) is 5.73 Å². The number of amides is 2. The third-order valence-corrected chi connectivity index (χ3v) is 4.14. The van der Waals surface area contributed by atoms with Crippen molar-refractivity contribution >= 4 is 22.5 Å². The Bertz CT molecular complexity index is 633. The molecule has 0 saturated heterocycles. The number of carbonyl (C=O) groups excluding carboxylic acids is 1. The third kappa shape index (κ3) is 3.34. The van der Waals surface area contributed by atoms with Crippen molar-refractivity contribution < 1.29 is 4.79 Å². The molecule has 4 N–H and O–H groups in total. The number of hydrogen-bond acceptors (Lipinski definition) is 2. The van der Waals surface area contributed by atoms with Crippen LogP contribution in [0.15, 0.2) is 42.5 Å². The molecular weight excluding hydrogens is 262 g/mol. The number of rotatable bonds is 4. The number of nitrogens with one attached hydrogen (secondary N) is 2. The first-order valence-corrected chi connectivity index (χ1v) is 7.23. The highest BCUT2D eigenvalue weighted by molar-refractivity contribution is 6.01. The van der Waals surface area contributed by atoms with E-state index in [1.807, 2.05) is 63.2 Å². The van der Waals surface area contributed by atoms with Crippen LogP contribution in [0, 0.1) is 5.92 Å². The van der Waals surface area contributed by atoms with E-state index in [2.05, 4.69) is 10.6 Å². The molecule has 1 atom stereocenters. The van der Waals surface area contributed by atoms with Gasteiger partial charge in [-0.1, -0.05) is 50.2 Å². The van der Waals surface area contributed by atoms with Crippen molar-refractivity contribution in [2.75, 3.05) is 11.9 Å². The quantitative estimate of drug-likeness (QED) is 0.806. The van der Waals surface area contributed by atoms with Crippen molar-refractivity contribution in [2.45, 2.75) is 26.3 Å². The van der Waals surface area contributed by atoms with E-state index < -0.39 is 5.54 Å². The van der Waals surface area contributed by atoms with Crippen LogP contribution in [0.5, 0.6) is 0 Å². The Labute approximate surface area is 125 Å². The minimum absolute atomic E-state index is 0.229. The molecule has 4 heteroatoms. The molecule has 0 saturated carbocycles. The fraction of sp³-hybridized carbons (Fsp3) is 0.353. The zero-order valence-electron chi connectivity index (χ0n) is 12.8. The maximum atomic E-state index is 12.3. The van der Waals surface area contributed by atoms with Gasteiger partial charge < -0.3 is 16.4 Å². The highest BCUT2D eigenvalue weighted by atomic mass is 16.2. The lowest BCUT2D eigenvalue weighted by Crippen LogP contribution is -2.56. The number of benzene rings is 2. The van der Waals surface area contributed by atoms with Crippen molar-refractivity contribution in [3.63, 3.8) is 0 Å². The molecule has 21 heavy (non-hydrogen) atoms. The number of hydrogen-bond donors (Lipinski definition) is 3. The Balaban J connectivity index is 2.19. The minimum Gasteiger partial charge on any atom is -0.331 e. The summed E-state index contributed by atoms with van der Waals surface area (Å²) in [5.74, 6) is 0.251. The highest BCUT2D eigenvalue weighted by Gasteiger charge is 2.28. The van der Waals surface area contributed by atoms with Gasteiger partial charge in [0, 0.05) is 11.9 Å². The average Bonchev–Trinajstić information content (AvgIpc) is 2.47. The molecule has 0 radical (unpaired) electrons. The normalized spacial score (nSPS) is 14.0. The Morgan fingerprint density at radius 1 is 1.19 bits per heavy atom. The molecule has 1 unspecified atom stereocenters. The van der Waals surface area contributed by atoms with Crippen molar-refractivity contribution in [3.05, 3.63) is 42.5 Å². The molecule has 0 aliphatic rings. The molecule has 4 nitrogen and oxygen atoms in total. The van der Waals surface area contributed by atoms with Crippen LogP contribution in [0.25, 0.3) is 10.8 Å². The van der Waals surface area contributed by atoms with Gasteiger partial charge in [-0.05, 0) is 24.3 Å². The molecule has 2 aromatic rings. The van der Waals surface area contributed by atoms with Crippen LogP contribution < -0.4 is 16.4 Å². The van der Waals surface area contributed by atoms with Gasteiger partial charge in [0.15, 0.2) is 0 Å². The fourth-order valence-electron chi connectivity index (χ4n) is 2.18. The van der Waals surface area contributed by atoms with Crippen LogP contribution >= 0.6 is 0 Å². The van der Waals surface area contributed by atoms with Gasteiger partial charge >= 0.3 is 6.03 Å². The summed E-state index contributed by atoms with van der Waals surface area (Å²) in [6.07, 6.45) is 0. The van der Waals surface area contributed by atoms with Crippen molar-refractivity contribution in [1.82, 2.24) is 5.32 Å². The van der Waals surface area contributed by atoms with Crippen molar-refractivity contribution in [1.29, 1.82) is 0 Å². The maximum Gasteiger partial charge on any atom is 0.319 e. The number of fused-ring (bicyclic) bond motifs is 1. The van der Waals surface area contributed by atoms with Crippen LogP contribution in [0.2, 0.25) is 0 Å². The molecule has 2 aromatic carbocycles. The number of anilines is 1. The topological polar surface area (TPSA) is 67.1 Å². The van der Waals surface area contributed by atoms with Gasteiger partial charge in [0.1, 0.15) is 0 Å². The molecule has 0 heterocycles. The lowest BCUT2D eigenvalue weighted by molar-refractivity contribution is 0.225. The van der Waals surface area contributed by atoms with E-state index in [0.29, 0.717) is 6.54 Å². The lowest BCUT2D eigenvalue weighted by Gasteiger charge is -2.33. The second-order valence-electron chi connectivity index (χ2n) is 5.88. The second kappa shape index (κ2) is 6.14. The van der Waals surface area contributed by atoms with E-state index >= 15 is 0 Å².